The molecule has 5 heteroatoms. The Labute approximate surface area is 111 Å². The Morgan fingerprint density at radius 2 is 2.17 bits per heavy atom. The quantitative estimate of drug-likeness (QED) is 0.836. The second-order valence-corrected chi connectivity index (χ2v) is 5.24. The van der Waals surface area contributed by atoms with Crippen LogP contribution < -0.4 is 0 Å². The lowest BCUT2D eigenvalue weighted by atomic mass is 10.1. The molecule has 0 atom stereocenters. The molecule has 0 amide bonds. The zero-order valence-corrected chi connectivity index (χ0v) is 11.6. The molecule has 0 saturated carbocycles. The van der Waals surface area contributed by atoms with Crippen molar-refractivity contribution in [1.29, 1.82) is 0 Å². The number of hydrogen-bond donors (Lipinski definition) is 2. The van der Waals surface area contributed by atoms with E-state index in [0.29, 0.717) is 10.7 Å². The number of phenols is 1. The first kappa shape index (κ1) is 12.8. The second-order valence-electron chi connectivity index (χ2n) is 4.86. The van der Waals surface area contributed by atoms with Gasteiger partial charge in [-0.3, -0.25) is 9.67 Å². The normalized spacial score (nSPS) is 11.1. The van der Waals surface area contributed by atoms with Crippen molar-refractivity contribution in [3.05, 3.63) is 28.5 Å². The Kier molecular flexibility index (Phi) is 3.52. The highest BCUT2D eigenvalue weighted by molar-refractivity contribution is 7.71. The molecule has 0 radical (unpaired) electrons. The molecule has 0 saturated heterocycles. The molecule has 4 nitrogen and oxygen atoms in total. The number of hydrogen-bond acceptors (Lipinski definition) is 3. The van der Waals surface area contributed by atoms with Gasteiger partial charge in [0.1, 0.15) is 5.75 Å². The van der Waals surface area contributed by atoms with E-state index in [1.54, 1.807) is 12.1 Å². The minimum absolute atomic E-state index is 0.265. The van der Waals surface area contributed by atoms with Crippen LogP contribution in [0.15, 0.2) is 18.2 Å². The number of aromatic amines is 1. The molecule has 1 heterocycles. The Hall–Kier alpha value is -1.62. The number of rotatable bonds is 3. The zero-order valence-electron chi connectivity index (χ0n) is 10.8. The molecule has 96 valence electrons. The lowest BCUT2D eigenvalue weighted by Gasteiger charge is -2.11. The molecular weight excluding hydrogens is 246 g/mol. The van der Waals surface area contributed by atoms with Gasteiger partial charge < -0.3 is 5.11 Å². The van der Waals surface area contributed by atoms with Gasteiger partial charge in [-0.05, 0) is 48.8 Å². The summed E-state index contributed by atoms with van der Waals surface area (Å²) in [7, 11) is 0. The fraction of sp³-hybridized carbons (Fsp3) is 0.385. The number of phenolic OH excluding ortho intramolecular Hbond substituents is 1. The minimum Gasteiger partial charge on any atom is -0.508 e. The van der Waals surface area contributed by atoms with Crippen LogP contribution in [0.3, 0.4) is 0 Å². The van der Waals surface area contributed by atoms with E-state index in [-0.39, 0.29) is 5.75 Å². The van der Waals surface area contributed by atoms with Crippen LogP contribution in [0.2, 0.25) is 0 Å². The van der Waals surface area contributed by atoms with Crippen LogP contribution in [-0.4, -0.2) is 19.9 Å². The van der Waals surface area contributed by atoms with E-state index in [1.165, 1.54) is 0 Å². The average molecular weight is 263 g/mol. The number of aromatic nitrogens is 3. The molecule has 1 aromatic carbocycles. The van der Waals surface area contributed by atoms with E-state index >= 15 is 0 Å². The molecule has 0 unspecified atom stereocenters. The summed E-state index contributed by atoms with van der Waals surface area (Å²) in [6.45, 7) is 7.06. The Bertz CT molecular complexity index is 613. The topological polar surface area (TPSA) is 53.8 Å². The first-order valence-corrected chi connectivity index (χ1v) is 6.35. The number of nitrogens with zero attached hydrogens (tertiary/aromatic N) is 2. The Balaban J connectivity index is 2.54. The van der Waals surface area contributed by atoms with E-state index in [4.69, 9.17) is 12.2 Å². The Morgan fingerprint density at radius 1 is 1.44 bits per heavy atom. The number of nitrogens with one attached hydrogen (secondary N) is 1. The van der Waals surface area contributed by atoms with Crippen LogP contribution in [0.4, 0.5) is 0 Å². The zero-order chi connectivity index (χ0) is 13.3. The summed E-state index contributed by atoms with van der Waals surface area (Å²) in [6.07, 6.45) is 0. The molecule has 0 aliphatic heterocycles. The summed E-state index contributed by atoms with van der Waals surface area (Å²) in [5.41, 5.74) is 1.97. The first-order valence-electron chi connectivity index (χ1n) is 5.94. The molecule has 0 aliphatic carbocycles. The third-order valence-electron chi connectivity index (χ3n) is 2.76. The van der Waals surface area contributed by atoms with Gasteiger partial charge in [0.05, 0.1) is 0 Å². The van der Waals surface area contributed by atoms with Gasteiger partial charge >= 0.3 is 0 Å². The number of H-pyrrole nitrogens is 1. The molecule has 0 aliphatic rings. The standard InChI is InChI=1S/C13H17N3OS/c1-8(2)7-16-12(14-15-13(16)18)11-5-4-10(17)6-9(11)3/h4-6,8,17H,7H2,1-3H3,(H,15,18). The fourth-order valence-corrected chi connectivity index (χ4v) is 2.16. The van der Waals surface area contributed by atoms with Gasteiger partial charge in [0.2, 0.25) is 0 Å². The van der Waals surface area contributed by atoms with Crippen molar-refractivity contribution in [2.45, 2.75) is 27.3 Å². The van der Waals surface area contributed by atoms with Gasteiger partial charge in [0.15, 0.2) is 10.6 Å². The number of benzene rings is 1. The molecule has 0 spiro atoms. The monoisotopic (exact) mass is 263 g/mol. The summed E-state index contributed by atoms with van der Waals surface area (Å²) in [4.78, 5) is 0. The molecule has 2 rings (SSSR count). The maximum absolute atomic E-state index is 9.45. The van der Waals surface area contributed by atoms with Crippen molar-refractivity contribution in [2.24, 2.45) is 5.92 Å². The highest BCUT2D eigenvalue weighted by Gasteiger charge is 2.12. The predicted molar refractivity (Wildman–Crippen MR) is 74.1 cm³/mol. The van der Waals surface area contributed by atoms with Gasteiger partial charge in [-0.2, -0.15) is 5.10 Å². The van der Waals surface area contributed by atoms with E-state index in [2.05, 4.69) is 24.0 Å². The smallest absolute Gasteiger partial charge is 0.195 e. The van der Waals surface area contributed by atoms with E-state index in [1.807, 2.05) is 17.6 Å². The van der Waals surface area contributed by atoms with Gasteiger partial charge in [-0.1, -0.05) is 13.8 Å². The first-order chi connectivity index (χ1) is 8.49. The molecule has 1 aromatic heterocycles. The summed E-state index contributed by atoms with van der Waals surface area (Å²) in [6, 6.07) is 5.26. The van der Waals surface area contributed by atoms with E-state index in [0.717, 1.165) is 23.5 Å². The van der Waals surface area contributed by atoms with Crippen molar-refractivity contribution in [3.63, 3.8) is 0 Å². The molecule has 2 N–H and O–H groups in total. The fourth-order valence-electron chi connectivity index (χ4n) is 1.96. The van der Waals surface area contributed by atoms with Crippen molar-refractivity contribution in [1.82, 2.24) is 14.8 Å². The predicted octanol–water partition coefficient (Wildman–Crippen LogP) is 3.28. The van der Waals surface area contributed by atoms with Crippen molar-refractivity contribution < 1.29 is 5.11 Å². The minimum atomic E-state index is 0.265. The van der Waals surface area contributed by atoms with Crippen molar-refractivity contribution in [3.8, 4) is 17.1 Å². The summed E-state index contributed by atoms with van der Waals surface area (Å²) >= 11 is 5.26. The van der Waals surface area contributed by atoms with Gasteiger partial charge in [-0.15, -0.1) is 0 Å². The van der Waals surface area contributed by atoms with Crippen LogP contribution in [0.25, 0.3) is 11.4 Å². The van der Waals surface area contributed by atoms with Crippen LogP contribution >= 0.6 is 12.2 Å². The van der Waals surface area contributed by atoms with Gasteiger partial charge in [0, 0.05) is 12.1 Å². The second kappa shape index (κ2) is 4.94. The van der Waals surface area contributed by atoms with Gasteiger partial charge in [-0.25, -0.2) is 0 Å². The molecule has 18 heavy (non-hydrogen) atoms. The van der Waals surface area contributed by atoms with Gasteiger partial charge in [0.25, 0.3) is 0 Å². The van der Waals surface area contributed by atoms with Crippen molar-refractivity contribution >= 4 is 12.2 Å². The third kappa shape index (κ3) is 2.46. The highest BCUT2D eigenvalue weighted by Crippen LogP contribution is 2.25. The van der Waals surface area contributed by atoms with Crippen LogP contribution in [0.5, 0.6) is 5.75 Å². The Morgan fingerprint density at radius 3 is 2.78 bits per heavy atom. The lowest BCUT2D eigenvalue weighted by molar-refractivity contribution is 0.475. The summed E-state index contributed by atoms with van der Waals surface area (Å²) in [5.74, 6) is 1.58. The summed E-state index contributed by atoms with van der Waals surface area (Å²) in [5, 5.41) is 16.6. The van der Waals surface area contributed by atoms with Crippen molar-refractivity contribution in [2.75, 3.05) is 0 Å². The molecule has 0 bridgehead atoms. The maximum Gasteiger partial charge on any atom is 0.195 e. The third-order valence-corrected chi connectivity index (χ3v) is 3.07. The largest absolute Gasteiger partial charge is 0.508 e. The number of aryl methyl sites for hydroxylation is 1. The number of aromatic hydroxyl groups is 1. The SMILES string of the molecule is Cc1cc(O)ccc1-c1n[nH]c(=S)n1CC(C)C. The lowest BCUT2D eigenvalue weighted by Crippen LogP contribution is -2.06. The van der Waals surface area contributed by atoms with Crippen LogP contribution in [0.1, 0.15) is 19.4 Å². The van der Waals surface area contributed by atoms with E-state index < -0.39 is 0 Å². The summed E-state index contributed by atoms with van der Waals surface area (Å²) < 4.78 is 2.63. The van der Waals surface area contributed by atoms with Crippen LogP contribution in [-0.2, 0) is 6.54 Å². The maximum atomic E-state index is 9.45. The van der Waals surface area contributed by atoms with E-state index in [9.17, 15) is 5.11 Å². The molecule has 2 aromatic rings. The average Bonchev–Trinajstić information content (AvgIpc) is 2.60. The van der Waals surface area contributed by atoms with Crippen LogP contribution in [0, 0.1) is 17.6 Å². The molecule has 0 fully saturated rings. The molecular formula is C13H17N3OS. The highest BCUT2D eigenvalue weighted by atomic mass is 32.1.